The first-order valence-electron chi connectivity index (χ1n) is 7.33. The van der Waals surface area contributed by atoms with Crippen molar-refractivity contribution in [1.82, 2.24) is 5.32 Å². The quantitative estimate of drug-likeness (QED) is 0.426. The highest BCUT2D eigenvalue weighted by atomic mass is 32.1. The van der Waals surface area contributed by atoms with E-state index in [1.54, 1.807) is 20.8 Å². The molecule has 23 heavy (non-hydrogen) atoms. The zero-order chi connectivity index (χ0) is 18.2. The lowest BCUT2D eigenvalue weighted by Gasteiger charge is -2.18. The average Bonchev–Trinajstić information content (AvgIpc) is 2.45. The lowest BCUT2D eigenvalue weighted by Crippen LogP contribution is -2.39. The predicted molar refractivity (Wildman–Crippen MR) is 87.3 cm³/mol. The Kier molecular flexibility index (Phi) is 9.07. The molecule has 0 aliphatic rings. The third kappa shape index (κ3) is 8.71. The molecule has 0 aromatic heterocycles. The van der Waals surface area contributed by atoms with Crippen molar-refractivity contribution in [3.8, 4) is 0 Å². The molecule has 8 heteroatoms. The van der Waals surface area contributed by atoms with Gasteiger partial charge in [0.1, 0.15) is 5.78 Å². The van der Waals surface area contributed by atoms with Crippen LogP contribution in [0.2, 0.25) is 0 Å². The number of hydrogen-bond donors (Lipinski definition) is 4. The molecule has 0 aliphatic carbocycles. The third-order valence-electron chi connectivity index (χ3n) is 3.31. The van der Waals surface area contributed by atoms with Crippen molar-refractivity contribution in [3.05, 3.63) is 0 Å². The van der Waals surface area contributed by atoms with E-state index in [1.165, 1.54) is 0 Å². The summed E-state index contributed by atoms with van der Waals surface area (Å²) in [6.45, 7) is 5.12. The molecular weight excluding hydrogens is 322 g/mol. The number of nitrogens with one attached hydrogen (secondary N) is 1. The maximum absolute atomic E-state index is 12.0. The van der Waals surface area contributed by atoms with Gasteiger partial charge in [-0.2, -0.15) is 12.6 Å². The van der Waals surface area contributed by atoms with Crippen molar-refractivity contribution < 1.29 is 29.4 Å². The number of rotatable bonds is 10. The van der Waals surface area contributed by atoms with E-state index in [-0.39, 0.29) is 43.1 Å². The number of amides is 1. The van der Waals surface area contributed by atoms with Crippen LogP contribution in [0.4, 0.5) is 0 Å². The van der Waals surface area contributed by atoms with Gasteiger partial charge in [-0.15, -0.1) is 0 Å². The molecule has 2 unspecified atom stereocenters. The fraction of sp³-hybridized carbons (Fsp3) is 0.733. The highest BCUT2D eigenvalue weighted by Crippen LogP contribution is 2.14. The Hall–Kier alpha value is -1.41. The van der Waals surface area contributed by atoms with Crippen LogP contribution in [0.3, 0.4) is 0 Å². The summed E-state index contributed by atoms with van der Waals surface area (Å²) in [5.41, 5.74) is -0.563. The molecule has 0 saturated carbocycles. The number of thiol groups is 1. The van der Waals surface area contributed by atoms with Crippen LogP contribution in [-0.4, -0.2) is 52.1 Å². The number of aliphatic hydroxyl groups is 1. The third-order valence-corrected chi connectivity index (χ3v) is 3.75. The summed E-state index contributed by atoms with van der Waals surface area (Å²) >= 11 is 4.03. The summed E-state index contributed by atoms with van der Waals surface area (Å²) in [6, 6.07) is 0. The zero-order valence-electron chi connectivity index (χ0n) is 13.7. The van der Waals surface area contributed by atoms with Gasteiger partial charge in [-0.25, -0.2) is 4.79 Å². The molecule has 1 amide bonds. The number of carboxylic acid groups (broad SMARTS) is 1. The first-order valence-corrected chi connectivity index (χ1v) is 7.96. The molecule has 0 radical (unpaired) electrons. The lowest BCUT2D eigenvalue weighted by molar-refractivity contribution is -0.147. The molecule has 0 fully saturated rings. The normalized spacial score (nSPS) is 14.0. The minimum atomic E-state index is -1.59. The number of aliphatic hydroxyl groups excluding tert-OH is 1. The number of carbonyl (C=O) groups is 4. The van der Waals surface area contributed by atoms with Crippen LogP contribution in [0.15, 0.2) is 0 Å². The van der Waals surface area contributed by atoms with Crippen LogP contribution in [0.5, 0.6) is 0 Å². The second kappa shape index (κ2) is 9.67. The minimum absolute atomic E-state index is 0.106. The Morgan fingerprint density at radius 1 is 1.17 bits per heavy atom. The van der Waals surface area contributed by atoms with Crippen molar-refractivity contribution in [2.75, 3.05) is 12.3 Å². The highest BCUT2D eigenvalue weighted by Gasteiger charge is 2.25. The Labute approximate surface area is 141 Å². The van der Waals surface area contributed by atoms with Gasteiger partial charge in [0.2, 0.25) is 5.91 Å². The standard InChI is InChI=1S/C15H25NO6S/c1-15(2,3)12(19)7-16-13(20)9(8-23)6-10(17)4-5-11(18)14(21)22/h9,11,18,23H,4-8H2,1-3H3,(H,16,20)(H,21,22). The Morgan fingerprint density at radius 3 is 2.17 bits per heavy atom. The summed E-state index contributed by atoms with van der Waals surface area (Å²) < 4.78 is 0. The molecule has 0 bridgehead atoms. The summed E-state index contributed by atoms with van der Waals surface area (Å²) in [7, 11) is 0. The van der Waals surface area contributed by atoms with E-state index in [4.69, 9.17) is 10.2 Å². The fourth-order valence-corrected chi connectivity index (χ4v) is 1.91. The number of carbonyl (C=O) groups excluding carboxylic acids is 3. The summed E-state index contributed by atoms with van der Waals surface area (Å²) in [6.07, 6.45) is -2.03. The van der Waals surface area contributed by atoms with Crippen LogP contribution in [0.25, 0.3) is 0 Å². The minimum Gasteiger partial charge on any atom is -0.479 e. The molecule has 0 rings (SSSR count). The lowest BCUT2D eigenvalue weighted by atomic mass is 9.90. The topological polar surface area (TPSA) is 121 Å². The van der Waals surface area contributed by atoms with E-state index in [2.05, 4.69) is 17.9 Å². The van der Waals surface area contributed by atoms with Crippen molar-refractivity contribution in [1.29, 1.82) is 0 Å². The number of Topliss-reactive ketones (excluding diaryl/α,β-unsaturated/α-hetero) is 2. The smallest absolute Gasteiger partial charge is 0.332 e. The number of hydrogen-bond acceptors (Lipinski definition) is 6. The molecule has 0 spiro atoms. The maximum atomic E-state index is 12.0. The molecule has 0 heterocycles. The van der Waals surface area contributed by atoms with Crippen LogP contribution >= 0.6 is 12.6 Å². The number of carboxylic acids is 1. The van der Waals surface area contributed by atoms with Crippen LogP contribution < -0.4 is 5.32 Å². The average molecular weight is 347 g/mol. The molecule has 0 saturated heterocycles. The summed E-state index contributed by atoms with van der Waals surface area (Å²) in [4.78, 5) is 46.0. The van der Waals surface area contributed by atoms with Crippen molar-refractivity contribution in [2.24, 2.45) is 11.3 Å². The SMILES string of the molecule is CC(C)(C)C(=O)CNC(=O)C(CS)CC(=O)CCC(O)C(=O)O. The van der Waals surface area contributed by atoms with Crippen LogP contribution in [-0.2, 0) is 19.2 Å². The van der Waals surface area contributed by atoms with Gasteiger partial charge in [-0.05, 0) is 6.42 Å². The Bertz CT molecular complexity index is 457. The van der Waals surface area contributed by atoms with Gasteiger partial charge >= 0.3 is 5.97 Å². The monoisotopic (exact) mass is 347 g/mol. The van der Waals surface area contributed by atoms with Crippen LogP contribution in [0.1, 0.15) is 40.0 Å². The fourth-order valence-electron chi connectivity index (χ4n) is 1.62. The molecule has 3 N–H and O–H groups in total. The van der Waals surface area contributed by atoms with Gasteiger partial charge in [0, 0.05) is 24.0 Å². The molecule has 2 atom stereocenters. The summed E-state index contributed by atoms with van der Waals surface area (Å²) in [5, 5.41) is 20.1. The predicted octanol–water partition coefficient (Wildman–Crippen LogP) is 0.449. The Morgan fingerprint density at radius 2 is 1.74 bits per heavy atom. The molecule has 132 valence electrons. The molecule has 0 aromatic carbocycles. The number of aliphatic carboxylic acids is 1. The molecule has 0 aliphatic heterocycles. The van der Waals surface area contributed by atoms with Gasteiger partial charge in [0.15, 0.2) is 11.9 Å². The van der Waals surface area contributed by atoms with Gasteiger partial charge in [0.05, 0.1) is 12.5 Å². The second-order valence-electron chi connectivity index (χ2n) is 6.41. The van der Waals surface area contributed by atoms with Crippen LogP contribution in [0, 0.1) is 11.3 Å². The molecular formula is C15H25NO6S. The second-order valence-corrected chi connectivity index (χ2v) is 6.77. The highest BCUT2D eigenvalue weighted by molar-refractivity contribution is 7.80. The molecule has 0 aromatic rings. The van der Waals surface area contributed by atoms with Crippen molar-refractivity contribution >= 4 is 36.1 Å². The maximum Gasteiger partial charge on any atom is 0.332 e. The summed E-state index contributed by atoms with van der Waals surface area (Å²) in [5.74, 6) is -2.85. The van der Waals surface area contributed by atoms with E-state index in [9.17, 15) is 19.2 Å². The first-order chi connectivity index (χ1) is 10.5. The van der Waals surface area contributed by atoms with Crippen molar-refractivity contribution in [2.45, 2.75) is 46.1 Å². The van der Waals surface area contributed by atoms with E-state index in [0.29, 0.717) is 0 Å². The first kappa shape index (κ1) is 21.6. The van der Waals surface area contributed by atoms with Gasteiger partial charge in [0.25, 0.3) is 0 Å². The molecule has 7 nitrogen and oxygen atoms in total. The van der Waals surface area contributed by atoms with E-state index in [1.807, 2.05) is 0 Å². The largest absolute Gasteiger partial charge is 0.479 e. The van der Waals surface area contributed by atoms with Crippen molar-refractivity contribution in [3.63, 3.8) is 0 Å². The van der Waals surface area contributed by atoms with E-state index in [0.717, 1.165) is 0 Å². The van der Waals surface area contributed by atoms with Gasteiger partial charge < -0.3 is 15.5 Å². The van der Waals surface area contributed by atoms with Gasteiger partial charge in [-0.3, -0.25) is 14.4 Å². The van der Waals surface area contributed by atoms with Gasteiger partial charge in [-0.1, -0.05) is 20.8 Å². The van der Waals surface area contributed by atoms with E-state index >= 15 is 0 Å². The Balaban J connectivity index is 4.37. The van der Waals surface area contributed by atoms with E-state index < -0.39 is 29.3 Å². The number of ketones is 2. The zero-order valence-corrected chi connectivity index (χ0v) is 14.6.